The molecule has 0 aromatic carbocycles. The van der Waals surface area contributed by atoms with Gasteiger partial charge < -0.3 is 10.3 Å². The molecule has 2 aliphatic carbocycles. The second-order valence-corrected chi connectivity index (χ2v) is 7.97. The smallest absolute Gasteiger partial charge is 0.255 e. The molecular formula is C21H26N4O2. The number of carbonyl (C=O) groups excluding carboxylic acids is 1. The number of nitrogens with zero attached hydrogens (tertiary/aromatic N) is 2. The van der Waals surface area contributed by atoms with E-state index in [1.165, 1.54) is 25.7 Å². The summed E-state index contributed by atoms with van der Waals surface area (Å²) >= 11 is 0. The van der Waals surface area contributed by atoms with Gasteiger partial charge in [0.2, 0.25) is 5.91 Å². The van der Waals surface area contributed by atoms with Crippen LogP contribution in [0.3, 0.4) is 0 Å². The van der Waals surface area contributed by atoms with Crippen molar-refractivity contribution in [2.45, 2.75) is 45.4 Å². The largest absolute Gasteiger partial charge is 0.356 e. The molecule has 2 aromatic rings. The molecule has 3 atom stereocenters. The number of amides is 1. The van der Waals surface area contributed by atoms with Gasteiger partial charge in [-0.3, -0.25) is 14.6 Å². The Morgan fingerprint density at radius 1 is 1.33 bits per heavy atom. The van der Waals surface area contributed by atoms with Crippen LogP contribution in [-0.4, -0.2) is 27.4 Å². The fraction of sp³-hybridized carbons (Fsp3) is 0.524. The van der Waals surface area contributed by atoms with Crippen molar-refractivity contribution in [3.8, 4) is 11.4 Å². The zero-order chi connectivity index (χ0) is 18.8. The van der Waals surface area contributed by atoms with Crippen LogP contribution < -0.4 is 10.9 Å². The van der Waals surface area contributed by atoms with E-state index in [1.54, 1.807) is 25.4 Å². The SMILES string of the molecule is Cc1nc(-c2cccnc2)[nH]c(=O)c1CC(=O)NCC[C@@H]1C[C@H]2CC[C@H]1C2. The lowest BCUT2D eigenvalue weighted by molar-refractivity contribution is -0.120. The number of hydrogen-bond acceptors (Lipinski definition) is 4. The molecule has 0 aliphatic heterocycles. The number of rotatable bonds is 6. The summed E-state index contributed by atoms with van der Waals surface area (Å²) in [5.74, 6) is 2.95. The number of nitrogens with one attached hydrogen (secondary N) is 2. The van der Waals surface area contributed by atoms with Gasteiger partial charge in [-0.05, 0) is 62.5 Å². The molecule has 2 saturated carbocycles. The summed E-state index contributed by atoms with van der Waals surface area (Å²) < 4.78 is 0. The van der Waals surface area contributed by atoms with Crippen LogP contribution in [0.4, 0.5) is 0 Å². The van der Waals surface area contributed by atoms with E-state index < -0.39 is 0 Å². The highest BCUT2D eigenvalue weighted by atomic mass is 16.2. The van der Waals surface area contributed by atoms with Crippen LogP contribution in [0.1, 0.15) is 43.4 Å². The average molecular weight is 366 g/mol. The summed E-state index contributed by atoms with van der Waals surface area (Å²) in [7, 11) is 0. The molecule has 0 radical (unpaired) electrons. The van der Waals surface area contributed by atoms with Gasteiger partial charge in [0.15, 0.2) is 0 Å². The van der Waals surface area contributed by atoms with E-state index in [4.69, 9.17) is 0 Å². The first-order valence-corrected chi connectivity index (χ1v) is 9.87. The molecule has 0 saturated heterocycles. The second kappa shape index (κ2) is 7.62. The fourth-order valence-electron chi connectivity index (χ4n) is 4.81. The third kappa shape index (κ3) is 3.94. The minimum Gasteiger partial charge on any atom is -0.356 e. The van der Waals surface area contributed by atoms with Gasteiger partial charge in [0.25, 0.3) is 5.56 Å². The van der Waals surface area contributed by atoms with Crippen molar-refractivity contribution in [2.75, 3.05) is 6.54 Å². The van der Waals surface area contributed by atoms with Gasteiger partial charge in [-0.1, -0.05) is 6.42 Å². The summed E-state index contributed by atoms with van der Waals surface area (Å²) in [6.07, 6.45) is 9.94. The lowest BCUT2D eigenvalue weighted by Crippen LogP contribution is -2.31. The number of hydrogen-bond donors (Lipinski definition) is 2. The van der Waals surface area contributed by atoms with Crippen LogP contribution in [-0.2, 0) is 11.2 Å². The number of aromatic nitrogens is 3. The van der Waals surface area contributed by atoms with Crippen LogP contribution in [0, 0.1) is 24.7 Å². The van der Waals surface area contributed by atoms with Gasteiger partial charge in [0, 0.05) is 35.8 Å². The molecule has 6 heteroatoms. The summed E-state index contributed by atoms with van der Waals surface area (Å²) in [4.78, 5) is 36.0. The Labute approximate surface area is 158 Å². The summed E-state index contributed by atoms with van der Waals surface area (Å²) in [5.41, 5.74) is 1.50. The van der Waals surface area contributed by atoms with Crippen LogP contribution in [0.5, 0.6) is 0 Å². The maximum Gasteiger partial charge on any atom is 0.255 e. The summed E-state index contributed by atoms with van der Waals surface area (Å²) in [5, 5.41) is 2.99. The third-order valence-corrected chi connectivity index (χ3v) is 6.22. The molecule has 2 N–H and O–H groups in total. The van der Waals surface area contributed by atoms with E-state index in [2.05, 4.69) is 20.3 Å². The van der Waals surface area contributed by atoms with Crippen LogP contribution in [0.25, 0.3) is 11.4 Å². The average Bonchev–Trinajstić information content (AvgIpc) is 3.28. The van der Waals surface area contributed by atoms with Crippen molar-refractivity contribution in [1.29, 1.82) is 0 Å². The Kier molecular flexibility index (Phi) is 5.05. The minimum atomic E-state index is -0.260. The highest BCUT2D eigenvalue weighted by Gasteiger charge is 2.38. The summed E-state index contributed by atoms with van der Waals surface area (Å²) in [6, 6.07) is 3.63. The molecule has 27 heavy (non-hydrogen) atoms. The van der Waals surface area contributed by atoms with Crippen molar-refractivity contribution in [3.05, 3.63) is 46.1 Å². The van der Waals surface area contributed by atoms with Crippen molar-refractivity contribution >= 4 is 5.91 Å². The maximum absolute atomic E-state index is 12.4. The predicted octanol–water partition coefficient (Wildman–Crippen LogP) is 2.63. The van der Waals surface area contributed by atoms with E-state index in [0.717, 1.165) is 29.7 Å². The van der Waals surface area contributed by atoms with Crippen molar-refractivity contribution in [2.24, 2.45) is 17.8 Å². The Morgan fingerprint density at radius 2 is 2.22 bits per heavy atom. The van der Waals surface area contributed by atoms with Gasteiger partial charge in [0.05, 0.1) is 6.42 Å². The van der Waals surface area contributed by atoms with E-state index >= 15 is 0 Å². The predicted molar refractivity (Wildman–Crippen MR) is 103 cm³/mol. The topological polar surface area (TPSA) is 87.7 Å². The van der Waals surface area contributed by atoms with E-state index in [1.807, 2.05) is 6.07 Å². The quantitative estimate of drug-likeness (QED) is 0.823. The first-order chi connectivity index (χ1) is 13.1. The van der Waals surface area contributed by atoms with Gasteiger partial charge in [0.1, 0.15) is 5.82 Å². The van der Waals surface area contributed by atoms with Gasteiger partial charge in [-0.2, -0.15) is 0 Å². The number of pyridine rings is 1. The van der Waals surface area contributed by atoms with Crippen LogP contribution in [0.15, 0.2) is 29.3 Å². The lowest BCUT2D eigenvalue weighted by atomic mass is 9.86. The van der Waals surface area contributed by atoms with E-state index in [9.17, 15) is 9.59 Å². The summed E-state index contributed by atoms with van der Waals surface area (Å²) in [6.45, 7) is 2.47. The highest BCUT2D eigenvalue weighted by Crippen LogP contribution is 2.49. The zero-order valence-electron chi connectivity index (χ0n) is 15.7. The molecule has 2 bridgehead atoms. The lowest BCUT2D eigenvalue weighted by Gasteiger charge is -2.21. The molecular weight excluding hydrogens is 340 g/mol. The van der Waals surface area contributed by atoms with Gasteiger partial charge in [-0.15, -0.1) is 0 Å². The number of H-pyrrole nitrogens is 1. The zero-order valence-corrected chi connectivity index (χ0v) is 15.7. The van der Waals surface area contributed by atoms with E-state index in [-0.39, 0.29) is 17.9 Å². The van der Waals surface area contributed by atoms with Gasteiger partial charge in [-0.25, -0.2) is 4.98 Å². The van der Waals surface area contributed by atoms with Crippen LogP contribution in [0.2, 0.25) is 0 Å². The van der Waals surface area contributed by atoms with Crippen molar-refractivity contribution in [3.63, 3.8) is 0 Å². The Morgan fingerprint density at radius 3 is 2.89 bits per heavy atom. The first kappa shape index (κ1) is 17.9. The molecule has 1 amide bonds. The Hall–Kier alpha value is -2.50. The van der Waals surface area contributed by atoms with Crippen molar-refractivity contribution in [1.82, 2.24) is 20.3 Å². The van der Waals surface area contributed by atoms with Gasteiger partial charge >= 0.3 is 0 Å². The molecule has 2 aliphatic rings. The first-order valence-electron chi connectivity index (χ1n) is 9.87. The molecule has 142 valence electrons. The normalized spacial score (nSPS) is 23.5. The minimum absolute atomic E-state index is 0.0677. The number of fused-ring (bicyclic) bond motifs is 2. The molecule has 2 aromatic heterocycles. The molecule has 6 nitrogen and oxygen atoms in total. The number of aromatic amines is 1. The molecule has 2 heterocycles. The van der Waals surface area contributed by atoms with E-state index in [0.29, 0.717) is 23.6 Å². The Bertz CT molecular complexity index is 877. The fourth-order valence-corrected chi connectivity index (χ4v) is 4.81. The monoisotopic (exact) mass is 366 g/mol. The standard InChI is InChI=1S/C21H26N4O2/c1-13-18(21(27)25-20(24-13)17-3-2-7-22-12-17)11-19(26)23-8-6-16-10-14-4-5-15(16)9-14/h2-3,7,12,14-16H,4-6,8-11H2,1H3,(H,23,26)(H,24,25,27)/t14-,15-,16+/m0/s1. The highest BCUT2D eigenvalue weighted by molar-refractivity contribution is 5.78. The Balaban J connectivity index is 1.34. The van der Waals surface area contributed by atoms with Crippen molar-refractivity contribution < 1.29 is 4.79 Å². The molecule has 0 unspecified atom stereocenters. The molecule has 2 fully saturated rings. The number of aryl methyl sites for hydroxylation is 1. The third-order valence-electron chi connectivity index (χ3n) is 6.22. The maximum atomic E-state index is 12.4. The van der Waals surface area contributed by atoms with Crippen LogP contribution >= 0.6 is 0 Å². The molecule has 0 spiro atoms. The second-order valence-electron chi connectivity index (χ2n) is 7.97. The number of carbonyl (C=O) groups is 1. The molecule has 4 rings (SSSR count).